The van der Waals surface area contributed by atoms with Gasteiger partial charge in [0.15, 0.2) is 0 Å². The Labute approximate surface area is 162 Å². The molecule has 2 aliphatic carbocycles. The summed E-state index contributed by atoms with van der Waals surface area (Å²) in [6, 6.07) is 5.95. The van der Waals surface area contributed by atoms with Crippen LogP contribution >= 0.6 is 0 Å². The molecule has 1 aromatic rings. The highest BCUT2D eigenvalue weighted by molar-refractivity contribution is 7.86. The Balaban J connectivity index is 1.88. The number of nitrogens with zero attached hydrogens (tertiary/aromatic N) is 2. The molecule has 1 aromatic carbocycles. The minimum atomic E-state index is -3.65. The minimum Gasteiger partial charge on any atom is -0.382 e. The van der Waals surface area contributed by atoms with Crippen molar-refractivity contribution < 1.29 is 17.4 Å². The first-order valence-corrected chi connectivity index (χ1v) is 11.7. The molecule has 0 atom stereocenters. The van der Waals surface area contributed by atoms with E-state index in [4.69, 9.17) is 4.18 Å². The quantitative estimate of drug-likeness (QED) is 0.602. The lowest BCUT2D eigenvalue weighted by Gasteiger charge is -2.32. The zero-order chi connectivity index (χ0) is 19.6. The average molecular weight is 395 g/mol. The molecule has 0 radical (unpaired) electrons. The lowest BCUT2D eigenvalue weighted by atomic mass is 9.84. The highest BCUT2D eigenvalue weighted by Gasteiger charge is 2.38. The maximum atomic E-state index is 12.8. The molecule has 0 heterocycles. The summed E-state index contributed by atoms with van der Waals surface area (Å²) in [7, 11) is -3.65. The average Bonchev–Trinajstić information content (AvgIpc) is 3.36. The van der Waals surface area contributed by atoms with Crippen LogP contribution < -0.4 is 9.08 Å². The second-order valence-corrected chi connectivity index (χ2v) is 9.15. The van der Waals surface area contributed by atoms with Crippen LogP contribution in [0.3, 0.4) is 0 Å². The van der Waals surface area contributed by atoms with Crippen molar-refractivity contribution in [1.82, 2.24) is 4.90 Å². The number of carbonyl (C=O) groups excluding carboxylic acids is 1. The molecule has 7 heteroatoms. The highest BCUT2D eigenvalue weighted by Crippen LogP contribution is 2.37. The Morgan fingerprint density at radius 3 is 2.30 bits per heavy atom. The van der Waals surface area contributed by atoms with E-state index in [-0.39, 0.29) is 17.9 Å². The number of benzene rings is 1. The third-order valence-electron chi connectivity index (χ3n) is 5.49. The molecular weight excluding hydrogens is 364 g/mol. The van der Waals surface area contributed by atoms with Gasteiger partial charge in [-0.1, -0.05) is 12.5 Å². The fraction of sp³-hybridized carbons (Fsp3) is 0.650. The molecule has 0 N–H and O–H groups in total. The SMILES string of the molecule is CCN(CC)c1ccc(CN(C(=O)C2CCC2)C2CC2)c(OS(C)(=O)=O)c1. The van der Waals surface area contributed by atoms with Crippen LogP contribution in [0.5, 0.6) is 5.75 Å². The summed E-state index contributed by atoms with van der Waals surface area (Å²) in [6.07, 6.45) is 6.16. The molecule has 3 rings (SSSR count). The Hall–Kier alpha value is -1.76. The van der Waals surface area contributed by atoms with Crippen molar-refractivity contribution in [2.24, 2.45) is 5.92 Å². The van der Waals surface area contributed by atoms with Gasteiger partial charge in [-0.05, 0) is 45.6 Å². The van der Waals surface area contributed by atoms with E-state index < -0.39 is 10.1 Å². The Bertz CT molecular complexity index is 781. The smallest absolute Gasteiger partial charge is 0.306 e. The number of carbonyl (C=O) groups is 1. The van der Waals surface area contributed by atoms with E-state index in [0.717, 1.165) is 62.7 Å². The lowest BCUT2D eigenvalue weighted by Crippen LogP contribution is -2.40. The number of anilines is 1. The predicted octanol–water partition coefficient (Wildman–Crippen LogP) is 3.16. The number of rotatable bonds is 9. The van der Waals surface area contributed by atoms with Crippen LogP contribution in [0.2, 0.25) is 0 Å². The minimum absolute atomic E-state index is 0.139. The van der Waals surface area contributed by atoms with Gasteiger partial charge in [0.05, 0.1) is 6.26 Å². The second kappa shape index (κ2) is 8.09. The third-order valence-corrected chi connectivity index (χ3v) is 5.97. The van der Waals surface area contributed by atoms with E-state index in [1.165, 1.54) is 0 Å². The summed E-state index contributed by atoms with van der Waals surface area (Å²) >= 11 is 0. The number of hydrogen-bond acceptors (Lipinski definition) is 5. The van der Waals surface area contributed by atoms with E-state index in [1.807, 2.05) is 17.0 Å². The molecule has 0 spiro atoms. The van der Waals surface area contributed by atoms with Crippen molar-refractivity contribution in [1.29, 1.82) is 0 Å². The summed E-state index contributed by atoms with van der Waals surface area (Å²) in [4.78, 5) is 16.9. The first-order valence-electron chi connectivity index (χ1n) is 9.90. The van der Waals surface area contributed by atoms with Crippen LogP contribution in [0.4, 0.5) is 5.69 Å². The second-order valence-electron chi connectivity index (χ2n) is 7.58. The van der Waals surface area contributed by atoms with Gasteiger partial charge in [0.25, 0.3) is 0 Å². The van der Waals surface area contributed by atoms with Gasteiger partial charge >= 0.3 is 10.1 Å². The van der Waals surface area contributed by atoms with Crippen LogP contribution in [0.1, 0.15) is 51.5 Å². The van der Waals surface area contributed by atoms with Crippen LogP contribution in [0.15, 0.2) is 18.2 Å². The van der Waals surface area contributed by atoms with Gasteiger partial charge in [-0.15, -0.1) is 0 Å². The standard InChI is InChI=1S/C20H30N2O4S/c1-4-21(5-2)18-10-9-16(19(13-18)26-27(3,24)25)14-22(17-11-12-17)20(23)15-7-6-8-15/h9-10,13,15,17H,4-8,11-12,14H2,1-3H3. The van der Waals surface area contributed by atoms with Crippen LogP contribution in [0, 0.1) is 5.92 Å². The van der Waals surface area contributed by atoms with E-state index >= 15 is 0 Å². The molecule has 150 valence electrons. The van der Waals surface area contributed by atoms with Gasteiger partial charge in [-0.3, -0.25) is 4.79 Å². The van der Waals surface area contributed by atoms with E-state index in [9.17, 15) is 13.2 Å². The van der Waals surface area contributed by atoms with Gasteiger partial charge in [-0.25, -0.2) is 0 Å². The van der Waals surface area contributed by atoms with Crippen LogP contribution in [-0.4, -0.2) is 44.6 Å². The molecular formula is C20H30N2O4S. The van der Waals surface area contributed by atoms with Gasteiger partial charge in [0.2, 0.25) is 5.91 Å². The highest BCUT2D eigenvalue weighted by atomic mass is 32.2. The predicted molar refractivity (Wildman–Crippen MR) is 106 cm³/mol. The maximum Gasteiger partial charge on any atom is 0.306 e. The van der Waals surface area contributed by atoms with E-state index in [1.54, 1.807) is 6.07 Å². The summed E-state index contributed by atoms with van der Waals surface area (Å²) in [6.45, 7) is 6.16. The fourth-order valence-corrected chi connectivity index (χ4v) is 4.03. The van der Waals surface area contributed by atoms with Crippen molar-refractivity contribution in [3.63, 3.8) is 0 Å². The first kappa shape index (κ1) is 20.0. The van der Waals surface area contributed by atoms with E-state index in [2.05, 4.69) is 18.7 Å². The third kappa shape index (κ3) is 4.94. The van der Waals surface area contributed by atoms with Crippen LogP contribution in [-0.2, 0) is 21.5 Å². The van der Waals surface area contributed by atoms with Gasteiger partial charge in [-0.2, -0.15) is 8.42 Å². The summed E-state index contributed by atoms with van der Waals surface area (Å²) in [5.41, 5.74) is 1.67. The zero-order valence-corrected chi connectivity index (χ0v) is 17.3. The topological polar surface area (TPSA) is 66.9 Å². The Morgan fingerprint density at radius 1 is 1.15 bits per heavy atom. The summed E-state index contributed by atoms with van der Waals surface area (Å²) < 4.78 is 28.9. The Kier molecular flexibility index (Phi) is 5.99. The van der Waals surface area contributed by atoms with E-state index in [0.29, 0.717) is 12.3 Å². The molecule has 1 amide bonds. The molecule has 6 nitrogen and oxygen atoms in total. The first-order chi connectivity index (χ1) is 12.8. The fourth-order valence-electron chi connectivity index (χ4n) is 3.55. The monoisotopic (exact) mass is 394 g/mol. The molecule has 0 aromatic heterocycles. The Morgan fingerprint density at radius 2 is 1.81 bits per heavy atom. The van der Waals surface area contributed by atoms with Gasteiger partial charge in [0, 0.05) is 48.9 Å². The summed E-state index contributed by atoms with van der Waals surface area (Å²) in [5, 5.41) is 0. The molecule has 2 fully saturated rings. The normalized spacial score (nSPS) is 17.3. The lowest BCUT2D eigenvalue weighted by molar-refractivity contribution is -0.139. The van der Waals surface area contributed by atoms with Crippen molar-refractivity contribution >= 4 is 21.7 Å². The van der Waals surface area contributed by atoms with Crippen molar-refractivity contribution in [2.75, 3.05) is 24.2 Å². The van der Waals surface area contributed by atoms with Crippen molar-refractivity contribution in [3.05, 3.63) is 23.8 Å². The molecule has 0 saturated heterocycles. The van der Waals surface area contributed by atoms with Crippen molar-refractivity contribution in [3.8, 4) is 5.75 Å². The maximum absolute atomic E-state index is 12.8. The molecule has 27 heavy (non-hydrogen) atoms. The number of amides is 1. The number of hydrogen-bond donors (Lipinski definition) is 0. The zero-order valence-electron chi connectivity index (χ0n) is 16.5. The van der Waals surface area contributed by atoms with Gasteiger partial charge < -0.3 is 14.0 Å². The molecule has 2 aliphatic rings. The molecule has 0 bridgehead atoms. The van der Waals surface area contributed by atoms with Gasteiger partial charge in [0.1, 0.15) is 5.75 Å². The van der Waals surface area contributed by atoms with Crippen LogP contribution in [0.25, 0.3) is 0 Å². The van der Waals surface area contributed by atoms with Crippen molar-refractivity contribution in [2.45, 2.75) is 58.5 Å². The molecule has 0 unspecified atom stereocenters. The largest absolute Gasteiger partial charge is 0.382 e. The summed E-state index contributed by atoms with van der Waals surface area (Å²) in [5.74, 6) is 0.677. The molecule has 2 saturated carbocycles. The molecule has 0 aliphatic heterocycles.